The Morgan fingerprint density at radius 3 is 2.08 bits per heavy atom. The monoisotopic (exact) mass is 538 g/mol. The van der Waals surface area contributed by atoms with E-state index in [1.165, 1.54) is 45.3 Å². The Balaban J connectivity index is 0.000000409. The molecule has 124 valence electrons. The zero-order valence-corrected chi connectivity index (χ0v) is 20.0. The Bertz CT molecular complexity index is 659. The summed E-state index contributed by atoms with van der Waals surface area (Å²) in [5, 5.41) is 0. The van der Waals surface area contributed by atoms with Gasteiger partial charge in [0.1, 0.15) is 0 Å². The third-order valence-electron chi connectivity index (χ3n) is 3.17. The molecule has 1 aliphatic carbocycles. The van der Waals surface area contributed by atoms with Gasteiger partial charge in [-0.3, -0.25) is 0 Å². The molecule has 3 aromatic rings. The zero-order valence-electron chi connectivity index (χ0n) is 13.9. The second-order valence-corrected chi connectivity index (χ2v) is 18.1. The van der Waals surface area contributed by atoms with Gasteiger partial charge >= 0.3 is 41.6 Å². The Kier molecular flexibility index (Phi) is 12.5. The van der Waals surface area contributed by atoms with Crippen LogP contribution in [0.2, 0.25) is 13.1 Å². The maximum atomic E-state index is 3.30. The SMILES string of the molecule is C[Si](C)=[Hf+2].[Cl-].[Cl-].[c-]1cccc2c1Cc1ccccc1-2.c1cc[cH-]c1. The van der Waals surface area contributed by atoms with Gasteiger partial charge in [-0.2, -0.15) is 48.0 Å². The van der Waals surface area contributed by atoms with Crippen molar-refractivity contribution in [1.29, 1.82) is 0 Å². The molecule has 0 spiro atoms. The van der Waals surface area contributed by atoms with Crippen molar-refractivity contribution in [2.75, 3.05) is 0 Å². The first-order chi connectivity index (χ1) is 10.7. The Morgan fingerprint density at radius 2 is 1.50 bits per heavy atom. The van der Waals surface area contributed by atoms with Crippen LogP contribution in [0.15, 0.2) is 72.8 Å². The molecule has 0 amide bonds. The molecule has 0 bridgehead atoms. The van der Waals surface area contributed by atoms with Gasteiger partial charge in [-0.05, 0) is 6.42 Å². The van der Waals surface area contributed by atoms with Gasteiger partial charge in [0, 0.05) is 0 Å². The predicted molar refractivity (Wildman–Crippen MR) is 93.0 cm³/mol. The minimum atomic E-state index is 0. The summed E-state index contributed by atoms with van der Waals surface area (Å²) in [5.74, 6) is 0. The minimum absolute atomic E-state index is 0. The van der Waals surface area contributed by atoms with Crippen molar-refractivity contribution >= 4 is 5.49 Å². The van der Waals surface area contributed by atoms with E-state index in [9.17, 15) is 0 Å². The van der Waals surface area contributed by atoms with E-state index in [1.807, 2.05) is 36.4 Å². The third kappa shape index (κ3) is 7.56. The number of halogens is 2. The van der Waals surface area contributed by atoms with E-state index >= 15 is 0 Å². The normalized spacial score (nSPS) is 9.50. The molecule has 0 fully saturated rings. The Hall–Kier alpha value is -0.543. The van der Waals surface area contributed by atoms with Crippen LogP contribution in [-0.2, 0) is 29.4 Å². The van der Waals surface area contributed by atoms with Gasteiger partial charge in [-0.1, -0.05) is 35.4 Å². The average molecular weight is 538 g/mol. The van der Waals surface area contributed by atoms with Crippen LogP contribution >= 0.6 is 0 Å². The summed E-state index contributed by atoms with van der Waals surface area (Å²) in [4.78, 5) is 0. The summed E-state index contributed by atoms with van der Waals surface area (Å²) in [7, 11) is 0. The molecule has 0 atom stereocenters. The van der Waals surface area contributed by atoms with Crippen molar-refractivity contribution in [3.63, 3.8) is 0 Å². The molecule has 0 heterocycles. The van der Waals surface area contributed by atoms with Crippen molar-refractivity contribution in [3.05, 3.63) is 90.0 Å². The van der Waals surface area contributed by atoms with E-state index in [0.717, 1.165) is 6.42 Å². The van der Waals surface area contributed by atoms with Crippen LogP contribution in [0.3, 0.4) is 0 Å². The molecular weight excluding hydrogens is 518 g/mol. The maximum absolute atomic E-state index is 3.30. The molecule has 3 aromatic carbocycles. The molecule has 0 saturated carbocycles. The van der Waals surface area contributed by atoms with E-state index in [4.69, 9.17) is 0 Å². The van der Waals surface area contributed by atoms with Crippen molar-refractivity contribution in [3.8, 4) is 11.1 Å². The molecule has 1 aliphatic rings. The van der Waals surface area contributed by atoms with E-state index < -0.39 is 0 Å². The number of fused-ring (bicyclic) bond motifs is 3. The standard InChI is InChI=1S/C13H9.C5H5.C2H6Si.2ClH.Hf/c1-3-7-12-10(5-1)9-11-6-2-4-8-13(11)12;1-2-4-5-3-1;1-3-2;;;/h1-5,7-8H,9H2;1-5H;1-2H3;2*1H;/q2*-1;;;;+2/p-2. The fourth-order valence-corrected chi connectivity index (χ4v) is 2.32. The quantitative estimate of drug-likeness (QED) is 0.205. The molecule has 4 heteroatoms. The van der Waals surface area contributed by atoms with Gasteiger partial charge in [0.15, 0.2) is 0 Å². The first-order valence-electron chi connectivity index (χ1n) is 7.45. The van der Waals surface area contributed by atoms with Gasteiger partial charge in [0.05, 0.1) is 0 Å². The van der Waals surface area contributed by atoms with Crippen molar-refractivity contribution in [2.45, 2.75) is 19.5 Å². The van der Waals surface area contributed by atoms with Gasteiger partial charge in [0.25, 0.3) is 0 Å². The van der Waals surface area contributed by atoms with Crippen LogP contribution in [0, 0.1) is 6.07 Å². The molecule has 24 heavy (non-hydrogen) atoms. The van der Waals surface area contributed by atoms with Crippen LogP contribution < -0.4 is 24.8 Å². The van der Waals surface area contributed by atoms with E-state index in [1.54, 1.807) is 0 Å². The third-order valence-corrected chi connectivity index (χ3v) is 3.17. The molecule has 0 aliphatic heterocycles. The van der Waals surface area contributed by atoms with Crippen molar-refractivity contribution in [1.82, 2.24) is 0 Å². The first-order valence-corrected chi connectivity index (χ1v) is 15.3. The molecule has 0 nitrogen and oxygen atoms in total. The summed E-state index contributed by atoms with van der Waals surface area (Å²) < 4.78 is 0. The van der Waals surface area contributed by atoms with E-state index in [-0.39, 0.29) is 30.3 Å². The van der Waals surface area contributed by atoms with Crippen molar-refractivity contribution < 1.29 is 47.8 Å². The largest absolute Gasteiger partial charge is 1.00 e. The van der Waals surface area contributed by atoms with Gasteiger partial charge < -0.3 is 24.8 Å². The topological polar surface area (TPSA) is 0 Å². The molecule has 0 saturated heterocycles. The van der Waals surface area contributed by atoms with Crippen LogP contribution in [-0.4, -0.2) is 5.49 Å². The number of hydrogen-bond donors (Lipinski definition) is 0. The van der Waals surface area contributed by atoms with Crippen molar-refractivity contribution in [2.24, 2.45) is 0 Å². The van der Waals surface area contributed by atoms with Gasteiger partial charge in [0.2, 0.25) is 0 Å². The Morgan fingerprint density at radius 1 is 0.917 bits per heavy atom. The summed E-state index contributed by atoms with van der Waals surface area (Å²) >= 11 is 1.45. The van der Waals surface area contributed by atoms with E-state index in [0.29, 0.717) is 0 Å². The van der Waals surface area contributed by atoms with Gasteiger partial charge in [-0.15, -0.1) is 5.56 Å². The summed E-state index contributed by atoms with van der Waals surface area (Å²) in [5.41, 5.74) is 5.77. The smallest absolute Gasteiger partial charge is 0.0253 e. The summed E-state index contributed by atoms with van der Waals surface area (Å²) in [6, 6.07) is 28.1. The fraction of sp³-hybridized carbons (Fsp3) is 0.150. The zero-order chi connectivity index (χ0) is 15.8. The number of benzene rings is 2. The second kappa shape index (κ2) is 12.8. The van der Waals surface area contributed by atoms with Crippen LogP contribution in [0.25, 0.3) is 11.1 Å². The minimum Gasteiger partial charge on any atom is -1.00 e. The summed E-state index contributed by atoms with van der Waals surface area (Å²) in [6.07, 6.45) is 1.05. The molecule has 4 rings (SSSR count). The molecule has 0 aromatic heterocycles. The fourth-order valence-electron chi connectivity index (χ4n) is 2.32. The molecule has 0 radical (unpaired) electrons. The maximum Gasteiger partial charge on any atom is -0.0253 e. The second-order valence-electron chi connectivity index (χ2n) is 5.36. The van der Waals surface area contributed by atoms with Gasteiger partial charge in [-0.25, -0.2) is 12.1 Å². The molecular formula is C20H20Cl2HfSi-2. The molecule has 0 N–H and O–H groups in total. The van der Waals surface area contributed by atoms with E-state index in [2.05, 4.69) is 55.6 Å². The number of rotatable bonds is 0. The Labute approximate surface area is 173 Å². The number of hydrogen-bond acceptors (Lipinski definition) is 0. The van der Waals surface area contributed by atoms with Crippen LogP contribution in [0.4, 0.5) is 0 Å². The average Bonchev–Trinajstić information content (AvgIpc) is 3.18. The first kappa shape index (κ1) is 23.5. The molecule has 0 unspecified atom stereocenters. The predicted octanol–water partition coefficient (Wildman–Crippen LogP) is -0.744. The van der Waals surface area contributed by atoms with Crippen LogP contribution in [0.1, 0.15) is 11.1 Å². The summed E-state index contributed by atoms with van der Waals surface area (Å²) in [6.45, 7) is 4.66. The van der Waals surface area contributed by atoms with Crippen LogP contribution in [0.5, 0.6) is 0 Å².